The Morgan fingerprint density at radius 3 is 2.05 bits per heavy atom. The third kappa shape index (κ3) is 5.26. The van der Waals surface area contributed by atoms with E-state index in [1.807, 2.05) is 5.32 Å². The van der Waals surface area contributed by atoms with Crippen LogP contribution in [0.3, 0.4) is 0 Å². The quantitative estimate of drug-likeness (QED) is 0.310. The topological polar surface area (TPSA) is 94.0 Å². The van der Waals surface area contributed by atoms with Crippen LogP contribution in [0.5, 0.6) is 5.75 Å². The number of hydrogen-bond acceptors (Lipinski definition) is 4. The molecule has 198 valence electrons. The van der Waals surface area contributed by atoms with Gasteiger partial charge in [0.25, 0.3) is 5.91 Å². The molecule has 1 aliphatic rings. The molecule has 1 atom stereocenters. The van der Waals surface area contributed by atoms with Crippen LogP contribution in [0.15, 0.2) is 71.7 Å². The number of aromatic hydroxyl groups is 1. The van der Waals surface area contributed by atoms with Gasteiger partial charge < -0.3 is 20.6 Å². The SMILES string of the molecule is CN1C(=O)C(NC(=O)Nc2cc(C(F)(F)F)c(O)c(C(F)(F)F)c2)N=C(c2ccccc2)c2ccccc21. The second-order valence-corrected chi connectivity index (χ2v) is 8.17. The van der Waals surface area contributed by atoms with Crippen LogP contribution in [0.2, 0.25) is 0 Å². The van der Waals surface area contributed by atoms with Gasteiger partial charge in [-0.3, -0.25) is 4.79 Å². The molecule has 1 aliphatic heterocycles. The number of carbonyl (C=O) groups excluding carboxylic acids is 2. The van der Waals surface area contributed by atoms with Crippen molar-refractivity contribution >= 4 is 29.0 Å². The van der Waals surface area contributed by atoms with Gasteiger partial charge in [-0.15, -0.1) is 0 Å². The number of likely N-dealkylation sites (N-methyl/N-ethyl adjacent to an activating group) is 1. The zero-order valence-electron chi connectivity index (χ0n) is 19.4. The fourth-order valence-corrected chi connectivity index (χ4v) is 3.87. The summed E-state index contributed by atoms with van der Waals surface area (Å²) in [6.07, 6.45) is -12.3. The van der Waals surface area contributed by atoms with E-state index in [4.69, 9.17) is 0 Å². The Hall–Kier alpha value is -4.55. The van der Waals surface area contributed by atoms with Gasteiger partial charge in [-0.05, 0) is 18.2 Å². The smallest absolute Gasteiger partial charge is 0.420 e. The molecule has 3 aromatic rings. The number of amides is 3. The number of fused-ring (bicyclic) bond motifs is 1. The second kappa shape index (κ2) is 9.72. The Kier molecular flexibility index (Phi) is 6.78. The number of benzodiazepines with no additional fused rings is 1. The number of nitrogens with one attached hydrogen (secondary N) is 2. The van der Waals surface area contributed by atoms with Gasteiger partial charge in [0, 0.05) is 23.9 Å². The monoisotopic (exact) mass is 536 g/mol. The minimum absolute atomic E-state index is 0.152. The van der Waals surface area contributed by atoms with Gasteiger partial charge in [0.2, 0.25) is 6.17 Å². The third-order valence-corrected chi connectivity index (χ3v) is 5.64. The van der Waals surface area contributed by atoms with E-state index in [0.29, 0.717) is 22.5 Å². The van der Waals surface area contributed by atoms with Crippen molar-refractivity contribution in [1.82, 2.24) is 5.32 Å². The standard InChI is InChI=1S/C25H18F6N4O3/c1-35-18-10-6-5-9-15(18)19(13-7-3-2-4-8-13)33-21(22(35)37)34-23(38)32-14-11-16(24(26,27)28)20(36)17(12-14)25(29,30)31/h2-12,21,36H,1H3,(H2,32,34,38). The molecule has 13 heteroatoms. The molecule has 0 saturated heterocycles. The molecule has 3 aromatic carbocycles. The lowest BCUT2D eigenvalue weighted by Gasteiger charge is -2.21. The van der Waals surface area contributed by atoms with Crippen molar-refractivity contribution in [2.45, 2.75) is 18.5 Å². The van der Waals surface area contributed by atoms with Gasteiger partial charge in [0.05, 0.1) is 22.5 Å². The molecule has 0 radical (unpaired) electrons. The van der Waals surface area contributed by atoms with E-state index >= 15 is 0 Å². The summed E-state index contributed by atoms with van der Waals surface area (Å²) in [5.74, 6) is -2.73. The summed E-state index contributed by atoms with van der Waals surface area (Å²) < 4.78 is 79.5. The fourth-order valence-electron chi connectivity index (χ4n) is 3.87. The zero-order valence-corrected chi connectivity index (χ0v) is 19.4. The number of alkyl halides is 6. The number of hydrogen-bond donors (Lipinski definition) is 3. The molecule has 0 spiro atoms. The van der Waals surface area contributed by atoms with E-state index in [1.165, 1.54) is 11.9 Å². The first-order valence-electron chi connectivity index (χ1n) is 10.9. The predicted molar refractivity (Wildman–Crippen MR) is 126 cm³/mol. The van der Waals surface area contributed by atoms with Crippen molar-refractivity contribution in [3.63, 3.8) is 0 Å². The highest BCUT2D eigenvalue weighted by Gasteiger charge is 2.42. The van der Waals surface area contributed by atoms with E-state index in [-0.39, 0.29) is 12.1 Å². The van der Waals surface area contributed by atoms with E-state index in [1.54, 1.807) is 54.6 Å². The fraction of sp³-hybridized carbons (Fsp3) is 0.160. The molecule has 0 aliphatic carbocycles. The Labute approximate surface area is 211 Å². The van der Waals surface area contributed by atoms with Crippen molar-refractivity contribution in [1.29, 1.82) is 0 Å². The molecule has 0 aromatic heterocycles. The summed E-state index contributed by atoms with van der Waals surface area (Å²) in [6, 6.07) is 14.4. The van der Waals surface area contributed by atoms with Gasteiger partial charge >= 0.3 is 18.4 Å². The minimum atomic E-state index is -5.35. The van der Waals surface area contributed by atoms with Crippen LogP contribution in [0.25, 0.3) is 0 Å². The summed E-state index contributed by atoms with van der Waals surface area (Å²) in [5.41, 5.74) is -2.95. The van der Waals surface area contributed by atoms with Crippen molar-refractivity contribution < 1.29 is 41.0 Å². The molecular formula is C25H18F6N4O3. The number of phenols is 1. The molecule has 7 nitrogen and oxygen atoms in total. The Balaban J connectivity index is 1.70. The minimum Gasteiger partial charge on any atom is -0.507 e. The molecule has 3 amide bonds. The van der Waals surface area contributed by atoms with Crippen LogP contribution < -0.4 is 15.5 Å². The highest BCUT2D eigenvalue weighted by Crippen LogP contribution is 2.45. The first-order chi connectivity index (χ1) is 17.8. The molecule has 0 bridgehead atoms. The maximum atomic E-state index is 13.3. The van der Waals surface area contributed by atoms with Crippen molar-refractivity contribution in [2.75, 3.05) is 17.3 Å². The highest BCUT2D eigenvalue weighted by molar-refractivity contribution is 6.20. The van der Waals surface area contributed by atoms with Crippen molar-refractivity contribution in [3.8, 4) is 5.75 Å². The van der Waals surface area contributed by atoms with Crippen LogP contribution in [0, 0.1) is 0 Å². The molecule has 0 saturated carbocycles. The third-order valence-electron chi connectivity index (χ3n) is 5.64. The lowest BCUT2D eigenvalue weighted by Crippen LogP contribution is -2.47. The van der Waals surface area contributed by atoms with E-state index in [0.717, 1.165) is 0 Å². The Bertz CT molecular complexity index is 1390. The van der Waals surface area contributed by atoms with E-state index < -0.39 is 53.0 Å². The largest absolute Gasteiger partial charge is 0.507 e. The van der Waals surface area contributed by atoms with Gasteiger partial charge in [-0.25, -0.2) is 9.79 Å². The average molecular weight is 536 g/mol. The summed E-state index contributed by atoms with van der Waals surface area (Å²) in [6.45, 7) is 0. The van der Waals surface area contributed by atoms with Gasteiger partial charge in [0.15, 0.2) is 0 Å². The summed E-state index contributed by atoms with van der Waals surface area (Å²) in [7, 11) is 1.43. The van der Waals surface area contributed by atoms with Crippen LogP contribution in [0.4, 0.5) is 42.5 Å². The molecule has 0 fully saturated rings. The lowest BCUT2D eigenvalue weighted by molar-refractivity contribution is -0.145. The summed E-state index contributed by atoms with van der Waals surface area (Å²) >= 11 is 0. The molecule has 1 heterocycles. The maximum Gasteiger partial charge on any atom is 0.420 e. The highest BCUT2D eigenvalue weighted by atomic mass is 19.4. The zero-order chi connectivity index (χ0) is 27.8. The lowest BCUT2D eigenvalue weighted by atomic mass is 10.0. The number of para-hydroxylation sites is 1. The summed E-state index contributed by atoms with van der Waals surface area (Å²) in [5, 5.41) is 13.6. The average Bonchev–Trinajstić information content (AvgIpc) is 2.95. The second-order valence-electron chi connectivity index (χ2n) is 8.17. The number of phenolic OH excluding ortho intramolecular Hbond substituents is 1. The van der Waals surface area contributed by atoms with Crippen LogP contribution >= 0.6 is 0 Å². The van der Waals surface area contributed by atoms with Gasteiger partial charge in [0.1, 0.15) is 5.75 Å². The predicted octanol–water partition coefficient (Wildman–Crippen LogP) is 5.39. The number of nitrogens with zero attached hydrogens (tertiary/aromatic N) is 2. The first-order valence-corrected chi connectivity index (χ1v) is 10.9. The number of rotatable bonds is 3. The molecule has 4 rings (SSSR count). The van der Waals surface area contributed by atoms with Crippen LogP contribution in [0.1, 0.15) is 22.3 Å². The van der Waals surface area contributed by atoms with E-state index in [9.17, 15) is 41.0 Å². The number of benzene rings is 3. The van der Waals surface area contributed by atoms with Crippen LogP contribution in [-0.2, 0) is 17.1 Å². The number of halogens is 6. The normalized spacial score (nSPS) is 15.9. The van der Waals surface area contributed by atoms with Crippen LogP contribution in [-0.4, -0.2) is 36.0 Å². The number of anilines is 2. The van der Waals surface area contributed by atoms with Gasteiger partial charge in [-0.1, -0.05) is 48.5 Å². The Morgan fingerprint density at radius 2 is 1.47 bits per heavy atom. The summed E-state index contributed by atoms with van der Waals surface area (Å²) in [4.78, 5) is 31.4. The number of aliphatic imine (C=N–C) groups is 1. The maximum absolute atomic E-state index is 13.3. The molecule has 38 heavy (non-hydrogen) atoms. The first kappa shape index (κ1) is 26.5. The molecule has 1 unspecified atom stereocenters. The Morgan fingerprint density at radius 1 is 0.921 bits per heavy atom. The van der Waals surface area contributed by atoms with E-state index in [2.05, 4.69) is 10.3 Å². The number of urea groups is 1. The number of carbonyl (C=O) groups is 2. The van der Waals surface area contributed by atoms with Crippen molar-refractivity contribution in [2.24, 2.45) is 4.99 Å². The molecule has 3 N–H and O–H groups in total. The molecular weight excluding hydrogens is 518 g/mol. The van der Waals surface area contributed by atoms with Crippen molar-refractivity contribution in [3.05, 3.63) is 89.0 Å². The van der Waals surface area contributed by atoms with Gasteiger partial charge in [-0.2, -0.15) is 26.3 Å².